The van der Waals surface area contributed by atoms with Crippen molar-refractivity contribution in [3.8, 4) is 0 Å². The van der Waals surface area contributed by atoms with Crippen molar-refractivity contribution < 1.29 is 9.53 Å². The average Bonchev–Trinajstić information content (AvgIpc) is 2.14. The number of hydrogen-bond acceptors (Lipinski definition) is 4. The third kappa shape index (κ3) is 4.85. The number of ether oxygens (including phenoxy) is 1. The monoisotopic (exact) mass is 209 g/mol. The number of amides is 1. The van der Waals surface area contributed by atoms with Crippen LogP contribution in [0.25, 0.3) is 0 Å². The van der Waals surface area contributed by atoms with Crippen LogP contribution in [0.5, 0.6) is 0 Å². The molecule has 1 aromatic rings. The first-order chi connectivity index (χ1) is 6.97. The Hall–Kier alpha value is -1.78. The van der Waals surface area contributed by atoms with Gasteiger partial charge in [-0.25, -0.2) is 10.2 Å². The van der Waals surface area contributed by atoms with Gasteiger partial charge in [0.1, 0.15) is 5.60 Å². The van der Waals surface area contributed by atoms with Crippen molar-refractivity contribution in [3.63, 3.8) is 0 Å². The molecule has 5 nitrogen and oxygen atoms in total. The van der Waals surface area contributed by atoms with E-state index < -0.39 is 11.7 Å². The molecule has 0 bridgehead atoms. The second-order valence-corrected chi connectivity index (χ2v) is 3.99. The summed E-state index contributed by atoms with van der Waals surface area (Å²) < 4.78 is 5.03. The number of nitrogens with zero attached hydrogens (tertiary/aromatic N) is 1. The Morgan fingerprint density at radius 1 is 1.33 bits per heavy atom. The van der Waals surface area contributed by atoms with Gasteiger partial charge in [-0.15, -0.1) is 0 Å². The highest BCUT2D eigenvalue weighted by molar-refractivity contribution is 5.69. The van der Waals surface area contributed by atoms with Crippen molar-refractivity contribution in [1.82, 2.24) is 10.4 Å². The maximum absolute atomic E-state index is 11.2. The molecule has 0 atom stereocenters. The van der Waals surface area contributed by atoms with Crippen LogP contribution in [-0.4, -0.2) is 16.7 Å². The summed E-state index contributed by atoms with van der Waals surface area (Å²) in [6, 6.07) is 3.47. The predicted molar refractivity (Wildman–Crippen MR) is 57.2 cm³/mol. The van der Waals surface area contributed by atoms with Crippen LogP contribution in [0.15, 0.2) is 24.5 Å². The van der Waals surface area contributed by atoms with Gasteiger partial charge in [0.15, 0.2) is 0 Å². The minimum Gasteiger partial charge on any atom is -0.443 e. The molecular formula is C10H15N3O2. The van der Waals surface area contributed by atoms with Gasteiger partial charge in [-0.1, -0.05) is 0 Å². The fraction of sp³-hybridized carbons (Fsp3) is 0.400. The van der Waals surface area contributed by atoms with E-state index in [-0.39, 0.29) is 0 Å². The molecule has 0 radical (unpaired) electrons. The molecule has 0 saturated heterocycles. The smallest absolute Gasteiger partial charge is 0.426 e. The normalized spacial score (nSPS) is 10.6. The summed E-state index contributed by atoms with van der Waals surface area (Å²) in [5.41, 5.74) is 5.37. The first-order valence-corrected chi connectivity index (χ1v) is 4.62. The molecule has 0 saturated carbocycles. The van der Waals surface area contributed by atoms with Crippen LogP contribution in [0.1, 0.15) is 20.8 Å². The van der Waals surface area contributed by atoms with Gasteiger partial charge in [-0.3, -0.25) is 10.4 Å². The van der Waals surface area contributed by atoms with Gasteiger partial charge in [0.25, 0.3) is 0 Å². The number of carbonyl (C=O) groups excluding carboxylic acids is 1. The lowest BCUT2D eigenvalue weighted by molar-refractivity contribution is 0.0541. The number of rotatable bonds is 2. The largest absolute Gasteiger partial charge is 0.443 e. The molecule has 0 fully saturated rings. The van der Waals surface area contributed by atoms with E-state index >= 15 is 0 Å². The minimum absolute atomic E-state index is 0.496. The van der Waals surface area contributed by atoms with Crippen molar-refractivity contribution in [1.29, 1.82) is 0 Å². The van der Waals surface area contributed by atoms with E-state index in [1.165, 1.54) is 0 Å². The molecule has 0 unspecified atom stereocenters. The van der Waals surface area contributed by atoms with E-state index in [2.05, 4.69) is 15.8 Å². The summed E-state index contributed by atoms with van der Waals surface area (Å²) in [5, 5.41) is 0. The topological polar surface area (TPSA) is 63.2 Å². The highest BCUT2D eigenvalue weighted by atomic mass is 16.6. The summed E-state index contributed by atoms with van der Waals surface area (Å²) in [6.45, 7) is 5.41. The van der Waals surface area contributed by atoms with Crippen molar-refractivity contribution >= 4 is 11.8 Å². The maximum Gasteiger partial charge on any atom is 0.426 e. The Bertz CT molecular complexity index is 319. The zero-order valence-electron chi connectivity index (χ0n) is 9.07. The van der Waals surface area contributed by atoms with Gasteiger partial charge >= 0.3 is 6.09 Å². The van der Waals surface area contributed by atoms with Crippen molar-refractivity contribution in [3.05, 3.63) is 24.5 Å². The lowest BCUT2D eigenvalue weighted by atomic mass is 10.2. The molecule has 1 amide bonds. The first-order valence-electron chi connectivity index (χ1n) is 4.62. The van der Waals surface area contributed by atoms with E-state index in [0.717, 1.165) is 5.69 Å². The highest BCUT2D eigenvalue weighted by Crippen LogP contribution is 2.07. The molecule has 1 heterocycles. The van der Waals surface area contributed by atoms with E-state index in [9.17, 15) is 4.79 Å². The van der Waals surface area contributed by atoms with Crippen LogP contribution in [0.2, 0.25) is 0 Å². The number of hydrogen-bond donors (Lipinski definition) is 2. The molecule has 5 heteroatoms. The zero-order valence-corrected chi connectivity index (χ0v) is 9.07. The molecule has 0 aliphatic heterocycles. The Kier molecular flexibility index (Phi) is 3.49. The SMILES string of the molecule is CC(C)(C)OC(=O)NNc1ccncc1. The van der Waals surface area contributed by atoms with Crippen LogP contribution in [0, 0.1) is 0 Å². The Morgan fingerprint density at radius 3 is 2.47 bits per heavy atom. The summed E-state index contributed by atoms with van der Waals surface area (Å²) in [7, 11) is 0. The van der Waals surface area contributed by atoms with Gasteiger partial charge in [0.2, 0.25) is 0 Å². The fourth-order valence-corrected chi connectivity index (χ4v) is 0.862. The van der Waals surface area contributed by atoms with Crippen LogP contribution in [0.4, 0.5) is 10.5 Å². The number of hydrazine groups is 1. The quantitative estimate of drug-likeness (QED) is 0.730. The second-order valence-electron chi connectivity index (χ2n) is 3.99. The van der Waals surface area contributed by atoms with Crippen LogP contribution >= 0.6 is 0 Å². The van der Waals surface area contributed by atoms with Crippen LogP contribution in [0.3, 0.4) is 0 Å². The molecule has 0 aliphatic rings. The summed E-state index contributed by atoms with van der Waals surface area (Å²) >= 11 is 0. The number of carbonyl (C=O) groups is 1. The zero-order chi connectivity index (χ0) is 11.3. The molecule has 15 heavy (non-hydrogen) atoms. The van der Waals surface area contributed by atoms with Gasteiger partial charge in [0, 0.05) is 12.4 Å². The molecule has 2 N–H and O–H groups in total. The molecule has 1 aromatic heterocycles. The van der Waals surface area contributed by atoms with Crippen molar-refractivity contribution in [2.45, 2.75) is 26.4 Å². The van der Waals surface area contributed by atoms with Crippen molar-refractivity contribution in [2.24, 2.45) is 0 Å². The lowest BCUT2D eigenvalue weighted by Gasteiger charge is -2.19. The molecule has 0 spiro atoms. The number of pyridine rings is 1. The third-order valence-electron chi connectivity index (χ3n) is 1.39. The predicted octanol–water partition coefficient (Wildman–Crippen LogP) is 1.93. The third-order valence-corrected chi connectivity index (χ3v) is 1.39. The molecular weight excluding hydrogens is 194 g/mol. The fourth-order valence-electron chi connectivity index (χ4n) is 0.862. The van der Waals surface area contributed by atoms with E-state index in [0.29, 0.717) is 0 Å². The minimum atomic E-state index is -0.515. The first kappa shape index (κ1) is 11.3. The van der Waals surface area contributed by atoms with Gasteiger partial charge < -0.3 is 4.74 Å². The van der Waals surface area contributed by atoms with E-state index in [1.54, 1.807) is 45.3 Å². The van der Waals surface area contributed by atoms with Crippen LogP contribution < -0.4 is 10.9 Å². The summed E-state index contributed by atoms with van der Waals surface area (Å²) in [6.07, 6.45) is 2.73. The summed E-state index contributed by atoms with van der Waals surface area (Å²) in [5.74, 6) is 0. The second kappa shape index (κ2) is 4.63. The maximum atomic E-state index is 11.2. The molecule has 1 rings (SSSR count). The van der Waals surface area contributed by atoms with Gasteiger partial charge in [-0.05, 0) is 32.9 Å². The highest BCUT2D eigenvalue weighted by Gasteiger charge is 2.15. The number of anilines is 1. The van der Waals surface area contributed by atoms with Crippen LogP contribution in [-0.2, 0) is 4.74 Å². The Labute approximate surface area is 88.8 Å². The molecule has 0 aromatic carbocycles. The van der Waals surface area contributed by atoms with E-state index in [1.807, 2.05) is 0 Å². The van der Waals surface area contributed by atoms with Gasteiger partial charge in [0.05, 0.1) is 5.69 Å². The number of aromatic nitrogens is 1. The summed E-state index contributed by atoms with van der Waals surface area (Å²) in [4.78, 5) is 15.1. The molecule has 82 valence electrons. The Balaban J connectivity index is 2.35. The lowest BCUT2D eigenvalue weighted by Crippen LogP contribution is -2.35. The average molecular weight is 209 g/mol. The molecule has 0 aliphatic carbocycles. The number of nitrogens with one attached hydrogen (secondary N) is 2. The van der Waals surface area contributed by atoms with E-state index in [4.69, 9.17) is 4.74 Å². The standard InChI is InChI=1S/C10H15N3O2/c1-10(2,3)15-9(14)13-12-8-4-6-11-7-5-8/h4-7H,1-3H3,(H,11,12)(H,13,14). The van der Waals surface area contributed by atoms with Crippen molar-refractivity contribution in [2.75, 3.05) is 5.43 Å². The Morgan fingerprint density at radius 2 is 1.93 bits per heavy atom. The van der Waals surface area contributed by atoms with Gasteiger partial charge in [-0.2, -0.15) is 0 Å².